The van der Waals surface area contributed by atoms with E-state index in [-0.39, 0.29) is 17.1 Å². The number of fused-ring (bicyclic) bond motifs is 2. The largest absolute Gasteiger partial charge is 0.493 e. The average molecular weight is 270 g/mol. The van der Waals surface area contributed by atoms with Crippen molar-refractivity contribution in [3.8, 4) is 5.75 Å². The highest BCUT2D eigenvalue weighted by atomic mass is 19.4. The molecule has 0 radical (unpaired) electrons. The SMILES string of the molecule is CC(C)c1cc(C(F)(F)F)c2c(c1)C1(CCO2)CC1. The molecule has 0 N–H and O–H groups in total. The van der Waals surface area contributed by atoms with E-state index in [1.165, 1.54) is 6.07 Å². The summed E-state index contributed by atoms with van der Waals surface area (Å²) in [5.41, 5.74) is 0.915. The lowest BCUT2D eigenvalue weighted by molar-refractivity contribution is -0.139. The Bertz CT molecular complexity index is 496. The van der Waals surface area contributed by atoms with Gasteiger partial charge in [0.05, 0.1) is 12.2 Å². The van der Waals surface area contributed by atoms with E-state index >= 15 is 0 Å². The van der Waals surface area contributed by atoms with Crippen LogP contribution < -0.4 is 4.74 Å². The summed E-state index contributed by atoms with van der Waals surface area (Å²) < 4.78 is 45.0. The Balaban J connectivity index is 2.22. The van der Waals surface area contributed by atoms with Crippen LogP contribution in [0.5, 0.6) is 5.75 Å². The van der Waals surface area contributed by atoms with Gasteiger partial charge in [-0.15, -0.1) is 0 Å². The molecule has 0 unspecified atom stereocenters. The molecule has 4 heteroatoms. The van der Waals surface area contributed by atoms with Gasteiger partial charge in [-0.3, -0.25) is 0 Å². The first-order chi connectivity index (χ1) is 8.83. The number of rotatable bonds is 1. The van der Waals surface area contributed by atoms with Crippen molar-refractivity contribution < 1.29 is 17.9 Å². The van der Waals surface area contributed by atoms with Gasteiger partial charge >= 0.3 is 6.18 Å². The Labute approximate surface area is 110 Å². The minimum atomic E-state index is -4.34. The zero-order valence-corrected chi connectivity index (χ0v) is 11.1. The zero-order valence-electron chi connectivity index (χ0n) is 11.1. The second-order valence-electron chi connectivity index (χ2n) is 5.98. The molecule has 1 fully saturated rings. The van der Waals surface area contributed by atoms with Gasteiger partial charge in [-0.25, -0.2) is 0 Å². The fourth-order valence-electron chi connectivity index (χ4n) is 2.90. The van der Waals surface area contributed by atoms with Crippen molar-refractivity contribution in [3.63, 3.8) is 0 Å². The van der Waals surface area contributed by atoms with E-state index in [1.807, 2.05) is 19.9 Å². The molecule has 0 bridgehead atoms. The summed E-state index contributed by atoms with van der Waals surface area (Å²) in [6, 6.07) is 3.19. The summed E-state index contributed by atoms with van der Waals surface area (Å²) in [4.78, 5) is 0. The molecule has 1 nitrogen and oxygen atoms in total. The maximum absolute atomic E-state index is 13.2. The maximum Gasteiger partial charge on any atom is 0.419 e. The van der Waals surface area contributed by atoms with Crippen molar-refractivity contribution >= 4 is 0 Å². The number of ether oxygens (including phenoxy) is 1. The molecular weight excluding hydrogens is 253 g/mol. The Hall–Kier alpha value is -1.19. The van der Waals surface area contributed by atoms with Crippen LogP contribution in [-0.2, 0) is 11.6 Å². The highest BCUT2D eigenvalue weighted by Gasteiger charge is 2.50. The van der Waals surface area contributed by atoms with E-state index in [9.17, 15) is 13.2 Å². The van der Waals surface area contributed by atoms with E-state index in [4.69, 9.17) is 4.74 Å². The molecule has 0 atom stereocenters. The van der Waals surface area contributed by atoms with E-state index in [1.54, 1.807) is 0 Å². The smallest absolute Gasteiger partial charge is 0.419 e. The fourth-order valence-corrected chi connectivity index (χ4v) is 2.90. The standard InChI is InChI=1S/C15H17F3O/c1-9(2)10-7-11-13(12(8-10)15(16,17)18)19-6-5-14(11)3-4-14/h7-9H,3-6H2,1-2H3. The molecule has 1 aliphatic carbocycles. The summed E-state index contributed by atoms with van der Waals surface area (Å²) in [6.07, 6.45) is -1.52. The Morgan fingerprint density at radius 2 is 1.84 bits per heavy atom. The summed E-state index contributed by atoms with van der Waals surface area (Å²) >= 11 is 0. The van der Waals surface area contributed by atoms with Crippen molar-refractivity contribution in [2.75, 3.05) is 6.61 Å². The van der Waals surface area contributed by atoms with Crippen molar-refractivity contribution in [2.45, 2.75) is 50.6 Å². The van der Waals surface area contributed by atoms with Crippen LogP contribution in [0.2, 0.25) is 0 Å². The molecule has 2 aliphatic rings. The van der Waals surface area contributed by atoms with Crippen LogP contribution >= 0.6 is 0 Å². The fraction of sp³-hybridized carbons (Fsp3) is 0.600. The van der Waals surface area contributed by atoms with Crippen molar-refractivity contribution in [1.29, 1.82) is 0 Å². The highest BCUT2D eigenvalue weighted by molar-refractivity contribution is 5.53. The Kier molecular flexibility index (Phi) is 2.63. The lowest BCUT2D eigenvalue weighted by Crippen LogP contribution is -2.23. The second-order valence-corrected chi connectivity index (χ2v) is 5.98. The van der Waals surface area contributed by atoms with Crippen molar-refractivity contribution in [2.24, 2.45) is 0 Å². The van der Waals surface area contributed by atoms with E-state index in [0.717, 1.165) is 30.4 Å². The minimum absolute atomic E-state index is 0.0293. The molecule has 0 aromatic heterocycles. The summed E-state index contributed by atoms with van der Waals surface area (Å²) in [7, 11) is 0. The van der Waals surface area contributed by atoms with E-state index in [0.29, 0.717) is 6.61 Å². The molecule has 19 heavy (non-hydrogen) atoms. The van der Waals surface area contributed by atoms with Gasteiger partial charge in [0.2, 0.25) is 0 Å². The first-order valence-electron chi connectivity index (χ1n) is 6.72. The van der Waals surface area contributed by atoms with Crippen molar-refractivity contribution in [3.05, 3.63) is 28.8 Å². The monoisotopic (exact) mass is 270 g/mol. The van der Waals surface area contributed by atoms with Crippen molar-refractivity contribution in [1.82, 2.24) is 0 Å². The first kappa shape index (κ1) is 12.8. The van der Waals surface area contributed by atoms with E-state index in [2.05, 4.69) is 0 Å². The third-order valence-corrected chi connectivity index (χ3v) is 4.34. The lowest BCUT2D eigenvalue weighted by atomic mass is 9.85. The van der Waals surface area contributed by atoms with Crippen LogP contribution in [-0.4, -0.2) is 6.61 Å². The zero-order chi connectivity index (χ0) is 13.8. The molecule has 1 aliphatic heterocycles. The summed E-state index contributed by atoms with van der Waals surface area (Å²) in [6.45, 7) is 4.24. The minimum Gasteiger partial charge on any atom is -0.493 e. The Morgan fingerprint density at radius 1 is 1.16 bits per heavy atom. The molecule has 1 heterocycles. The van der Waals surface area contributed by atoms with Gasteiger partial charge in [-0.1, -0.05) is 19.9 Å². The van der Waals surface area contributed by atoms with Gasteiger partial charge in [0.1, 0.15) is 5.75 Å². The molecule has 0 amide bonds. The molecule has 3 rings (SSSR count). The van der Waals surface area contributed by atoms with Gasteiger partial charge in [-0.2, -0.15) is 13.2 Å². The van der Waals surface area contributed by atoms with Gasteiger partial charge < -0.3 is 4.74 Å². The van der Waals surface area contributed by atoms with E-state index < -0.39 is 11.7 Å². The predicted octanol–water partition coefficient (Wildman–Crippen LogP) is 4.64. The van der Waals surface area contributed by atoms with Crippen LogP contribution in [0.1, 0.15) is 55.7 Å². The quantitative estimate of drug-likeness (QED) is 0.722. The number of alkyl halides is 3. The molecule has 104 valence electrons. The number of hydrogen-bond donors (Lipinski definition) is 0. The molecule has 1 aromatic rings. The second kappa shape index (κ2) is 3.90. The van der Waals surface area contributed by atoms with Gasteiger partial charge in [0.15, 0.2) is 0 Å². The highest BCUT2D eigenvalue weighted by Crippen LogP contribution is 2.58. The third-order valence-electron chi connectivity index (χ3n) is 4.34. The van der Waals surface area contributed by atoms with Gasteiger partial charge in [0.25, 0.3) is 0 Å². The topological polar surface area (TPSA) is 9.23 Å². The van der Waals surface area contributed by atoms with Crippen LogP contribution in [0.4, 0.5) is 13.2 Å². The summed E-state index contributed by atoms with van der Waals surface area (Å²) in [5, 5.41) is 0. The average Bonchev–Trinajstić information content (AvgIpc) is 3.08. The molecule has 1 saturated carbocycles. The first-order valence-corrected chi connectivity index (χ1v) is 6.72. The third kappa shape index (κ3) is 2.01. The van der Waals surface area contributed by atoms with Crippen LogP contribution in [0.25, 0.3) is 0 Å². The lowest BCUT2D eigenvalue weighted by Gasteiger charge is -2.29. The molecular formula is C15H17F3O. The van der Waals surface area contributed by atoms with Gasteiger partial charge in [0, 0.05) is 11.0 Å². The maximum atomic E-state index is 13.2. The number of hydrogen-bond acceptors (Lipinski definition) is 1. The number of halogens is 3. The molecule has 0 saturated heterocycles. The van der Waals surface area contributed by atoms with Crippen LogP contribution in [0.3, 0.4) is 0 Å². The van der Waals surface area contributed by atoms with Crippen LogP contribution in [0, 0.1) is 0 Å². The summed E-state index contributed by atoms with van der Waals surface area (Å²) in [5.74, 6) is 0.171. The Morgan fingerprint density at radius 3 is 2.37 bits per heavy atom. The molecule has 1 aromatic carbocycles. The molecule has 1 spiro atoms. The number of benzene rings is 1. The van der Waals surface area contributed by atoms with Crippen LogP contribution in [0.15, 0.2) is 12.1 Å². The van der Waals surface area contributed by atoms with Gasteiger partial charge in [-0.05, 0) is 36.8 Å². The normalized spacial score (nSPS) is 20.3. The predicted molar refractivity (Wildman–Crippen MR) is 66.6 cm³/mol.